The van der Waals surface area contributed by atoms with E-state index in [-0.39, 0.29) is 17.5 Å². The van der Waals surface area contributed by atoms with Gasteiger partial charge >= 0.3 is 0 Å². The van der Waals surface area contributed by atoms with E-state index in [0.717, 1.165) is 57.7 Å². The van der Waals surface area contributed by atoms with E-state index in [1.54, 1.807) is 12.3 Å². The van der Waals surface area contributed by atoms with Crippen LogP contribution in [0.4, 0.5) is 5.82 Å². The number of carbonyl (C=O) groups is 2. The minimum Gasteiger partial charge on any atom is -0.364 e. The van der Waals surface area contributed by atoms with Gasteiger partial charge in [-0.3, -0.25) is 9.59 Å². The highest BCUT2D eigenvalue weighted by Crippen LogP contribution is 2.26. The van der Waals surface area contributed by atoms with E-state index in [0.29, 0.717) is 18.0 Å². The van der Waals surface area contributed by atoms with Crippen molar-refractivity contribution >= 4 is 17.6 Å². The summed E-state index contributed by atoms with van der Waals surface area (Å²) in [5.41, 5.74) is 0.965. The van der Waals surface area contributed by atoms with Crippen LogP contribution in [0.1, 0.15) is 46.5 Å². The van der Waals surface area contributed by atoms with Crippen LogP contribution in [0.2, 0.25) is 0 Å². The Kier molecular flexibility index (Phi) is 5.55. The molecule has 0 aromatic carbocycles. The number of rotatable bonds is 5. The molecule has 2 aromatic heterocycles. The van der Waals surface area contributed by atoms with Crippen molar-refractivity contribution < 1.29 is 14.1 Å². The first-order valence-electron chi connectivity index (χ1n) is 9.90. The third-order valence-corrected chi connectivity index (χ3v) is 5.45. The molecular formula is C20H25N5O3. The summed E-state index contributed by atoms with van der Waals surface area (Å²) in [7, 11) is 0. The molecule has 2 amide bonds. The lowest BCUT2D eigenvalue weighted by Gasteiger charge is -2.34. The van der Waals surface area contributed by atoms with Gasteiger partial charge in [-0.2, -0.15) is 0 Å². The molecule has 8 nitrogen and oxygen atoms in total. The number of hydrogen-bond donors (Lipinski definition) is 1. The summed E-state index contributed by atoms with van der Waals surface area (Å²) in [6, 6.07) is 5.25. The van der Waals surface area contributed by atoms with Crippen LogP contribution in [0.15, 0.2) is 35.2 Å². The van der Waals surface area contributed by atoms with E-state index in [1.807, 2.05) is 17.0 Å². The van der Waals surface area contributed by atoms with E-state index in [2.05, 4.69) is 20.4 Å². The quantitative estimate of drug-likeness (QED) is 0.849. The zero-order chi connectivity index (χ0) is 19.3. The summed E-state index contributed by atoms with van der Waals surface area (Å²) >= 11 is 0. The molecule has 2 aliphatic heterocycles. The van der Waals surface area contributed by atoms with Gasteiger partial charge in [0.05, 0.1) is 5.56 Å². The smallest absolute Gasteiger partial charge is 0.273 e. The van der Waals surface area contributed by atoms with Crippen molar-refractivity contribution in [3.8, 4) is 0 Å². The largest absolute Gasteiger partial charge is 0.364 e. The Bertz CT molecular complexity index is 817. The van der Waals surface area contributed by atoms with E-state index in [4.69, 9.17) is 4.52 Å². The van der Waals surface area contributed by atoms with Gasteiger partial charge in [-0.05, 0) is 43.7 Å². The predicted octanol–water partition coefficient (Wildman–Crippen LogP) is 1.95. The molecule has 4 heterocycles. The predicted molar refractivity (Wildman–Crippen MR) is 103 cm³/mol. The Morgan fingerprint density at radius 1 is 1.18 bits per heavy atom. The van der Waals surface area contributed by atoms with Crippen molar-refractivity contribution in [1.29, 1.82) is 0 Å². The van der Waals surface area contributed by atoms with E-state index in [1.165, 1.54) is 6.26 Å². The van der Waals surface area contributed by atoms with Gasteiger partial charge in [-0.15, -0.1) is 0 Å². The number of likely N-dealkylation sites (tertiary alicyclic amines) is 1. The molecule has 1 unspecified atom stereocenters. The number of carbonyl (C=O) groups excluding carboxylic acids is 2. The van der Waals surface area contributed by atoms with Crippen molar-refractivity contribution in [3.05, 3.63) is 41.9 Å². The van der Waals surface area contributed by atoms with Crippen LogP contribution in [-0.4, -0.2) is 59.6 Å². The van der Waals surface area contributed by atoms with Crippen LogP contribution in [0, 0.1) is 5.92 Å². The number of anilines is 1. The van der Waals surface area contributed by atoms with Gasteiger partial charge in [0.25, 0.3) is 11.8 Å². The first kappa shape index (κ1) is 18.5. The molecule has 2 aromatic rings. The fourth-order valence-electron chi connectivity index (χ4n) is 3.99. The topological polar surface area (TPSA) is 91.6 Å². The highest BCUT2D eigenvalue weighted by Gasteiger charge is 2.28. The Morgan fingerprint density at radius 2 is 2.04 bits per heavy atom. The lowest BCUT2D eigenvalue weighted by molar-refractivity contribution is 0.0792. The van der Waals surface area contributed by atoms with Crippen LogP contribution in [0.5, 0.6) is 0 Å². The minimum absolute atomic E-state index is 0.0714. The molecule has 0 bridgehead atoms. The SMILES string of the molecule is O=C(NCC1CCCN(c2ncccc2C(=O)N2CCCC2)C1)c1ccon1. The summed E-state index contributed by atoms with van der Waals surface area (Å²) in [5, 5.41) is 6.59. The molecule has 2 saturated heterocycles. The molecule has 0 aliphatic carbocycles. The maximum atomic E-state index is 12.9. The highest BCUT2D eigenvalue weighted by molar-refractivity contribution is 5.99. The number of aromatic nitrogens is 2. The third-order valence-electron chi connectivity index (χ3n) is 5.45. The molecule has 8 heteroatoms. The Labute approximate surface area is 163 Å². The molecule has 4 rings (SSSR count). The number of pyridine rings is 1. The van der Waals surface area contributed by atoms with E-state index >= 15 is 0 Å². The van der Waals surface area contributed by atoms with Gasteiger partial charge < -0.3 is 19.6 Å². The van der Waals surface area contributed by atoms with E-state index in [9.17, 15) is 9.59 Å². The molecule has 0 spiro atoms. The second-order valence-electron chi connectivity index (χ2n) is 7.42. The standard InChI is InChI=1S/C20H25N5O3/c26-19(17-7-12-28-23-17)22-13-15-5-4-11-25(14-15)18-16(6-3-8-21-18)20(27)24-9-1-2-10-24/h3,6-8,12,15H,1-2,4-5,9-11,13-14H2,(H,22,26). The molecule has 0 saturated carbocycles. The summed E-state index contributed by atoms with van der Waals surface area (Å²) in [6.07, 6.45) is 7.29. The second kappa shape index (κ2) is 8.41. The number of nitrogens with one attached hydrogen (secondary N) is 1. The third kappa shape index (κ3) is 4.00. The number of piperidine rings is 1. The molecular weight excluding hydrogens is 358 g/mol. The van der Waals surface area contributed by atoms with Gasteiger partial charge in [-0.1, -0.05) is 5.16 Å². The summed E-state index contributed by atoms with van der Waals surface area (Å²) in [5.74, 6) is 0.893. The molecule has 2 aliphatic rings. The van der Waals surface area contributed by atoms with Crippen molar-refractivity contribution in [2.45, 2.75) is 25.7 Å². The normalized spacial score (nSPS) is 19.6. The van der Waals surface area contributed by atoms with E-state index < -0.39 is 0 Å². The summed E-state index contributed by atoms with van der Waals surface area (Å²) in [4.78, 5) is 33.6. The van der Waals surface area contributed by atoms with Gasteiger partial charge in [0.1, 0.15) is 12.1 Å². The lowest BCUT2D eigenvalue weighted by atomic mass is 9.97. The average molecular weight is 383 g/mol. The molecule has 1 atom stereocenters. The number of amides is 2. The van der Waals surface area contributed by atoms with Crippen molar-refractivity contribution in [1.82, 2.24) is 20.4 Å². The highest BCUT2D eigenvalue weighted by atomic mass is 16.5. The summed E-state index contributed by atoms with van der Waals surface area (Å²) < 4.78 is 4.72. The first-order valence-corrected chi connectivity index (χ1v) is 9.90. The van der Waals surface area contributed by atoms with Gasteiger partial charge in [0.15, 0.2) is 5.69 Å². The lowest BCUT2D eigenvalue weighted by Crippen LogP contribution is -2.42. The molecule has 2 fully saturated rings. The monoisotopic (exact) mass is 383 g/mol. The zero-order valence-corrected chi connectivity index (χ0v) is 15.8. The fraction of sp³-hybridized carbons (Fsp3) is 0.500. The van der Waals surface area contributed by atoms with Crippen LogP contribution < -0.4 is 10.2 Å². The molecule has 148 valence electrons. The zero-order valence-electron chi connectivity index (χ0n) is 15.8. The van der Waals surface area contributed by atoms with Gasteiger partial charge in [-0.25, -0.2) is 4.98 Å². The van der Waals surface area contributed by atoms with Crippen molar-refractivity contribution in [2.24, 2.45) is 5.92 Å². The maximum Gasteiger partial charge on any atom is 0.273 e. The van der Waals surface area contributed by atoms with Crippen molar-refractivity contribution in [2.75, 3.05) is 37.6 Å². The Balaban J connectivity index is 1.42. The minimum atomic E-state index is -0.228. The first-order chi connectivity index (χ1) is 13.7. The van der Waals surface area contributed by atoms with Crippen molar-refractivity contribution in [3.63, 3.8) is 0 Å². The maximum absolute atomic E-state index is 12.9. The Hall–Kier alpha value is -2.90. The molecule has 0 radical (unpaired) electrons. The van der Waals surface area contributed by atoms with Crippen LogP contribution in [0.25, 0.3) is 0 Å². The van der Waals surface area contributed by atoms with Crippen LogP contribution in [-0.2, 0) is 0 Å². The number of hydrogen-bond acceptors (Lipinski definition) is 6. The summed E-state index contributed by atoms with van der Waals surface area (Å²) in [6.45, 7) is 3.83. The molecule has 28 heavy (non-hydrogen) atoms. The van der Waals surface area contributed by atoms with Gasteiger partial charge in [0, 0.05) is 45.0 Å². The van der Waals surface area contributed by atoms with Crippen LogP contribution >= 0.6 is 0 Å². The molecule has 1 N–H and O–H groups in total. The fourth-order valence-corrected chi connectivity index (χ4v) is 3.99. The Morgan fingerprint density at radius 3 is 2.82 bits per heavy atom. The van der Waals surface area contributed by atoms with Gasteiger partial charge in [0.2, 0.25) is 0 Å². The average Bonchev–Trinajstić information content (AvgIpc) is 3.46. The van der Waals surface area contributed by atoms with Crippen LogP contribution in [0.3, 0.4) is 0 Å². The number of nitrogens with zero attached hydrogens (tertiary/aromatic N) is 4. The second-order valence-corrected chi connectivity index (χ2v) is 7.42.